The van der Waals surface area contributed by atoms with Crippen LogP contribution in [0.1, 0.15) is 16.8 Å². The molecule has 0 radical (unpaired) electrons. The molecule has 2 N–H and O–H groups in total. The van der Waals surface area contributed by atoms with Crippen LogP contribution in [0.4, 0.5) is 17.5 Å². The number of para-hydroxylation sites is 1. The number of methoxy groups -OCH3 is 1. The molecular weight excluding hydrogens is 338 g/mol. The molecule has 0 aliphatic rings. The van der Waals surface area contributed by atoms with Crippen molar-refractivity contribution in [3.8, 4) is 11.8 Å². The van der Waals surface area contributed by atoms with Crippen molar-refractivity contribution in [1.29, 1.82) is 5.26 Å². The normalized spacial score (nSPS) is 10.1. The molecule has 6 heteroatoms. The van der Waals surface area contributed by atoms with Crippen molar-refractivity contribution in [3.05, 3.63) is 71.4 Å². The topological polar surface area (TPSA) is 82.9 Å². The van der Waals surface area contributed by atoms with E-state index in [4.69, 9.17) is 4.74 Å². The van der Waals surface area contributed by atoms with Gasteiger partial charge < -0.3 is 15.4 Å². The van der Waals surface area contributed by atoms with E-state index in [0.29, 0.717) is 17.2 Å². The Bertz CT molecular complexity index is 948. The minimum atomic E-state index is 0.463. The lowest BCUT2D eigenvalue weighted by molar-refractivity contribution is 0.414. The van der Waals surface area contributed by atoms with E-state index in [1.165, 1.54) is 5.56 Å². The quantitative estimate of drug-likeness (QED) is 0.662. The van der Waals surface area contributed by atoms with Crippen LogP contribution in [-0.2, 0) is 6.42 Å². The highest BCUT2D eigenvalue weighted by molar-refractivity contribution is 5.63. The Morgan fingerprint density at radius 2 is 1.85 bits per heavy atom. The fourth-order valence-electron chi connectivity index (χ4n) is 2.65. The van der Waals surface area contributed by atoms with E-state index in [0.717, 1.165) is 30.2 Å². The molecule has 0 fully saturated rings. The van der Waals surface area contributed by atoms with Crippen molar-refractivity contribution in [3.63, 3.8) is 0 Å². The molecule has 3 aromatic rings. The Balaban J connectivity index is 1.65. The largest absolute Gasteiger partial charge is 0.497 e. The zero-order valence-electron chi connectivity index (χ0n) is 15.4. The molecule has 136 valence electrons. The third-order valence-corrected chi connectivity index (χ3v) is 4.03. The Morgan fingerprint density at radius 1 is 1.07 bits per heavy atom. The molecule has 0 bridgehead atoms. The van der Waals surface area contributed by atoms with E-state index in [-0.39, 0.29) is 0 Å². The van der Waals surface area contributed by atoms with Gasteiger partial charge in [-0.3, -0.25) is 0 Å². The molecule has 0 aliphatic carbocycles. The summed E-state index contributed by atoms with van der Waals surface area (Å²) < 4.78 is 5.17. The first-order valence-corrected chi connectivity index (χ1v) is 8.66. The van der Waals surface area contributed by atoms with Crippen LogP contribution in [0.5, 0.6) is 5.75 Å². The lowest BCUT2D eigenvalue weighted by atomic mass is 10.1. The van der Waals surface area contributed by atoms with Gasteiger partial charge in [0.15, 0.2) is 0 Å². The van der Waals surface area contributed by atoms with Gasteiger partial charge >= 0.3 is 0 Å². The van der Waals surface area contributed by atoms with E-state index in [2.05, 4.69) is 38.8 Å². The van der Waals surface area contributed by atoms with E-state index in [9.17, 15) is 5.26 Å². The maximum absolute atomic E-state index is 9.21. The molecule has 6 nitrogen and oxygen atoms in total. The van der Waals surface area contributed by atoms with Gasteiger partial charge in [0, 0.05) is 18.3 Å². The third kappa shape index (κ3) is 4.95. The second kappa shape index (κ2) is 8.68. The Morgan fingerprint density at radius 3 is 2.59 bits per heavy atom. The van der Waals surface area contributed by atoms with Crippen molar-refractivity contribution in [2.45, 2.75) is 13.3 Å². The van der Waals surface area contributed by atoms with Gasteiger partial charge in [0.05, 0.1) is 18.4 Å². The van der Waals surface area contributed by atoms with Crippen LogP contribution in [0, 0.1) is 18.3 Å². The van der Waals surface area contributed by atoms with Crippen LogP contribution >= 0.6 is 0 Å². The third-order valence-electron chi connectivity index (χ3n) is 4.03. The summed E-state index contributed by atoms with van der Waals surface area (Å²) in [6, 6.07) is 19.4. The van der Waals surface area contributed by atoms with Gasteiger partial charge in [-0.05, 0) is 43.2 Å². The molecule has 27 heavy (non-hydrogen) atoms. The zero-order chi connectivity index (χ0) is 19.1. The molecule has 0 saturated carbocycles. The summed E-state index contributed by atoms with van der Waals surface area (Å²) in [6.07, 6.45) is 0.868. The molecule has 0 saturated heterocycles. The fourth-order valence-corrected chi connectivity index (χ4v) is 2.65. The van der Waals surface area contributed by atoms with E-state index in [1.807, 2.05) is 43.3 Å². The molecule has 0 unspecified atom stereocenters. The van der Waals surface area contributed by atoms with Crippen LogP contribution in [0.3, 0.4) is 0 Å². The smallest absolute Gasteiger partial charge is 0.229 e. The highest BCUT2D eigenvalue weighted by atomic mass is 16.5. The van der Waals surface area contributed by atoms with Crippen LogP contribution in [0.15, 0.2) is 54.6 Å². The standard InChI is InChI=1S/C21H21N5O/c1-15-13-20(23-12-11-16-7-9-18(27-2)10-8-16)26-21(24-15)25-19-6-4-3-5-17(19)14-22/h3-10,13H,11-12H2,1-2H3,(H2,23,24,25,26). The van der Waals surface area contributed by atoms with Crippen LogP contribution in [0.2, 0.25) is 0 Å². The lowest BCUT2D eigenvalue weighted by Crippen LogP contribution is -2.09. The summed E-state index contributed by atoms with van der Waals surface area (Å²) >= 11 is 0. The average molecular weight is 359 g/mol. The van der Waals surface area contributed by atoms with Gasteiger partial charge in [-0.2, -0.15) is 10.2 Å². The molecule has 0 aliphatic heterocycles. The molecule has 3 rings (SSSR count). The fraction of sp³-hybridized carbons (Fsp3) is 0.190. The van der Waals surface area contributed by atoms with Gasteiger partial charge in [-0.1, -0.05) is 24.3 Å². The van der Waals surface area contributed by atoms with Crippen molar-refractivity contribution in [1.82, 2.24) is 9.97 Å². The Labute approximate surface area is 158 Å². The van der Waals surface area contributed by atoms with Gasteiger partial charge in [0.1, 0.15) is 17.6 Å². The maximum atomic E-state index is 9.21. The lowest BCUT2D eigenvalue weighted by Gasteiger charge is -2.11. The Kier molecular flexibility index (Phi) is 5.85. The monoisotopic (exact) mass is 359 g/mol. The number of nitrogens with one attached hydrogen (secondary N) is 2. The van der Waals surface area contributed by atoms with Crippen LogP contribution in [-0.4, -0.2) is 23.6 Å². The van der Waals surface area contributed by atoms with E-state index >= 15 is 0 Å². The number of anilines is 3. The van der Waals surface area contributed by atoms with Gasteiger partial charge in [-0.15, -0.1) is 0 Å². The molecule has 0 spiro atoms. The van der Waals surface area contributed by atoms with E-state index < -0.39 is 0 Å². The summed E-state index contributed by atoms with van der Waals surface area (Å²) in [5.74, 6) is 2.06. The van der Waals surface area contributed by atoms with Crippen molar-refractivity contribution in [2.24, 2.45) is 0 Å². The molecule has 1 aromatic heterocycles. The number of nitrogens with zero attached hydrogens (tertiary/aromatic N) is 3. The summed E-state index contributed by atoms with van der Waals surface area (Å²) in [5, 5.41) is 15.7. The maximum Gasteiger partial charge on any atom is 0.229 e. The van der Waals surface area contributed by atoms with Crippen LogP contribution in [0.25, 0.3) is 0 Å². The number of hydrogen-bond donors (Lipinski definition) is 2. The van der Waals surface area contributed by atoms with Crippen LogP contribution < -0.4 is 15.4 Å². The predicted octanol–water partition coefficient (Wildman–Crippen LogP) is 4.06. The molecular formula is C21H21N5O. The number of benzene rings is 2. The number of nitriles is 1. The highest BCUT2D eigenvalue weighted by Gasteiger charge is 2.06. The van der Waals surface area contributed by atoms with Gasteiger partial charge in [0.2, 0.25) is 5.95 Å². The second-order valence-corrected chi connectivity index (χ2v) is 6.03. The van der Waals surface area contributed by atoms with E-state index in [1.54, 1.807) is 13.2 Å². The molecule has 0 atom stereocenters. The number of aryl methyl sites for hydroxylation is 1. The summed E-state index contributed by atoms with van der Waals surface area (Å²) in [7, 11) is 1.66. The minimum absolute atomic E-state index is 0.463. The van der Waals surface area contributed by atoms with Crippen molar-refractivity contribution in [2.75, 3.05) is 24.3 Å². The average Bonchev–Trinajstić information content (AvgIpc) is 2.68. The minimum Gasteiger partial charge on any atom is -0.497 e. The molecule has 2 aromatic carbocycles. The van der Waals surface area contributed by atoms with Crippen molar-refractivity contribution < 1.29 is 4.74 Å². The predicted molar refractivity (Wildman–Crippen MR) is 106 cm³/mol. The van der Waals surface area contributed by atoms with Crippen molar-refractivity contribution >= 4 is 17.5 Å². The summed E-state index contributed by atoms with van der Waals surface area (Å²) in [4.78, 5) is 8.90. The highest BCUT2D eigenvalue weighted by Crippen LogP contribution is 2.19. The Hall–Kier alpha value is -3.59. The molecule has 0 amide bonds. The first-order valence-electron chi connectivity index (χ1n) is 8.66. The summed E-state index contributed by atoms with van der Waals surface area (Å²) in [6.45, 7) is 2.66. The summed E-state index contributed by atoms with van der Waals surface area (Å²) in [5.41, 5.74) is 3.30. The number of rotatable bonds is 7. The number of ether oxygens (including phenoxy) is 1. The number of aromatic nitrogens is 2. The number of hydrogen-bond acceptors (Lipinski definition) is 6. The second-order valence-electron chi connectivity index (χ2n) is 6.03. The first-order chi connectivity index (χ1) is 13.2. The van der Waals surface area contributed by atoms with Gasteiger partial charge in [0.25, 0.3) is 0 Å². The zero-order valence-corrected chi connectivity index (χ0v) is 15.4. The molecule has 1 heterocycles. The SMILES string of the molecule is COc1ccc(CCNc2cc(C)nc(Nc3ccccc3C#N)n2)cc1. The first kappa shape index (κ1) is 18.2. The van der Waals surface area contributed by atoms with Gasteiger partial charge in [-0.25, -0.2) is 4.98 Å².